The fourth-order valence-electron chi connectivity index (χ4n) is 2.95. The van der Waals surface area contributed by atoms with Gasteiger partial charge < -0.3 is 14.6 Å². The van der Waals surface area contributed by atoms with Crippen molar-refractivity contribution in [3.63, 3.8) is 0 Å². The van der Waals surface area contributed by atoms with Gasteiger partial charge in [-0.2, -0.15) is 0 Å². The molecule has 4 rings (SSSR count). The zero-order valence-corrected chi connectivity index (χ0v) is 17.5. The zero-order chi connectivity index (χ0) is 22.1. The summed E-state index contributed by atoms with van der Waals surface area (Å²) in [7, 11) is 3.10. The number of hydrogen-bond acceptors (Lipinski definition) is 8. The van der Waals surface area contributed by atoms with Crippen LogP contribution in [-0.4, -0.2) is 43.4 Å². The van der Waals surface area contributed by atoms with Gasteiger partial charge in [0.05, 0.1) is 18.4 Å². The monoisotopic (exact) mass is 441 g/mol. The van der Waals surface area contributed by atoms with Crippen LogP contribution in [0.15, 0.2) is 36.4 Å². The molecule has 0 saturated heterocycles. The van der Waals surface area contributed by atoms with Gasteiger partial charge in [0.15, 0.2) is 17.3 Å². The first-order valence-corrected chi connectivity index (χ1v) is 9.78. The van der Waals surface area contributed by atoms with Gasteiger partial charge in [-0.05, 0) is 47.7 Å². The van der Waals surface area contributed by atoms with Crippen LogP contribution in [0.5, 0.6) is 17.2 Å². The van der Waals surface area contributed by atoms with Crippen LogP contribution >= 0.6 is 11.3 Å². The number of nitrogens with zero attached hydrogens (tertiary/aromatic N) is 5. The van der Waals surface area contributed by atoms with E-state index < -0.39 is 11.8 Å². The van der Waals surface area contributed by atoms with Gasteiger partial charge >= 0.3 is 5.97 Å². The van der Waals surface area contributed by atoms with Crippen LogP contribution in [0.2, 0.25) is 0 Å². The smallest absolute Gasteiger partial charge is 0.347 e. The van der Waals surface area contributed by atoms with E-state index in [1.807, 2.05) is 0 Å². The number of aromatic nitrogens is 5. The highest BCUT2D eigenvalue weighted by atomic mass is 32.1. The second kappa shape index (κ2) is 8.11. The molecule has 0 bridgehead atoms. The van der Waals surface area contributed by atoms with E-state index in [2.05, 4.69) is 20.5 Å². The second-order valence-corrected chi connectivity index (χ2v) is 7.47. The van der Waals surface area contributed by atoms with Crippen molar-refractivity contribution in [3.05, 3.63) is 52.8 Å². The lowest BCUT2D eigenvalue weighted by Gasteiger charge is -2.14. The lowest BCUT2D eigenvalue weighted by Crippen LogP contribution is -1.98. The van der Waals surface area contributed by atoms with Crippen LogP contribution in [0, 0.1) is 12.7 Å². The number of benzene rings is 2. The van der Waals surface area contributed by atoms with Gasteiger partial charge in [0, 0.05) is 18.7 Å². The summed E-state index contributed by atoms with van der Waals surface area (Å²) in [5.41, 5.74) is 1.66. The third-order valence-electron chi connectivity index (χ3n) is 4.42. The van der Waals surface area contributed by atoms with Crippen molar-refractivity contribution in [2.75, 3.05) is 7.11 Å². The average molecular weight is 441 g/mol. The molecule has 2 aromatic heterocycles. The number of ether oxygens (including phenoxy) is 2. The number of rotatable bonds is 6. The Bertz CT molecular complexity index is 1290. The summed E-state index contributed by atoms with van der Waals surface area (Å²) >= 11 is 1.08. The van der Waals surface area contributed by atoms with Crippen LogP contribution < -0.4 is 9.47 Å². The van der Waals surface area contributed by atoms with Gasteiger partial charge in [-0.25, -0.2) is 18.9 Å². The number of aromatic carboxylic acids is 1. The normalized spacial score (nSPS) is 10.8. The molecule has 2 heterocycles. The second-order valence-electron chi connectivity index (χ2n) is 6.47. The number of methoxy groups -OCH3 is 1. The molecule has 31 heavy (non-hydrogen) atoms. The van der Waals surface area contributed by atoms with E-state index in [4.69, 9.17) is 9.47 Å². The number of thiazole rings is 1. The summed E-state index contributed by atoms with van der Waals surface area (Å²) in [6.07, 6.45) is 0. The maximum absolute atomic E-state index is 13.5. The topological polar surface area (TPSA) is 112 Å². The first-order chi connectivity index (χ1) is 14.9. The molecule has 0 fully saturated rings. The molecule has 4 aromatic rings. The molecule has 0 unspecified atom stereocenters. The van der Waals surface area contributed by atoms with Gasteiger partial charge in [-0.3, -0.25) is 0 Å². The highest BCUT2D eigenvalue weighted by Gasteiger charge is 2.20. The van der Waals surface area contributed by atoms with Crippen molar-refractivity contribution in [2.45, 2.75) is 6.92 Å². The molecule has 0 radical (unpaired) electrons. The number of carboxylic acids is 1. The lowest BCUT2D eigenvalue weighted by atomic mass is 10.1. The fraction of sp³-hybridized carbons (Fsp3) is 0.150. The average Bonchev–Trinajstić information content (AvgIpc) is 3.35. The highest BCUT2D eigenvalue weighted by molar-refractivity contribution is 7.17. The molecule has 1 N–H and O–H groups in total. The Morgan fingerprint density at radius 2 is 1.94 bits per heavy atom. The third kappa shape index (κ3) is 3.94. The Hall–Kier alpha value is -3.86. The molecule has 158 valence electrons. The van der Waals surface area contributed by atoms with Crippen LogP contribution in [-0.2, 0) is 7.05 Å². The zero-order valence-electron chi connectivity index (χ0n) is 16.7. The van der Waals surface area contributed by atoms with Crippen LogP contribution in [0.4, 0.5) is 4.39 Å². The minimum absolute atomic E-state index is 0.174. The molecule has 0 atom stereocenters. The molecule has 11 heteroatoms. The van der Waals surface area contributed by atoms with E-state index in [9.17, 15) is 14.3 Å². The fourth-order valence-corrected chi connectivity index (χ4v) is 3.85. The van der Waals surface area contributed by atoms with Gasteiger partial charge in [0.2, 0.25) is 0 Å². The highest BCUT2D eigenvalue weighted by Crippen LogP contribution is 2.39. The van der Waals surface area contributed by atoms with Gasteiger partial charge in [0.25, 0.3) is 0 Å². The van der Waals surface area contributed by atoms with Crippen LogP contribution in [0.25, 0.3) is 22.0 Å². The van der Waals surface area contributed by atoms with E-state index >= 15 is 0 Å². The van der Waals surface area contributed by atoms with Crippen molar-refractivity contribution in [2.24, 2.45) is 7.05 Å². The molecule has 0 aliphatic heterocycles. The van der Waals surface area contributed by atoms with E-state index in [-0.39, 0.29) is 10.6 Å². The Labute approximate surface area is 179 Å². The largest absolute Gasteiger partial charge is 0.493 e. The number of carboxylic acid groups (broad SMARTS) is 1. The van der Waals surface area contributed by atoms with Crippen LogP contribution in [0.3, 0.4) is 0 Å². The van der Waals surface area contributed by atoms with Crippen molar-refractivity contribution in [1.29, 1.82) is 0 Å². The molecule has 0 aliphatic rings. The third-order valence-corrected chi connectivity index (χ3v) is 5.62. The Morgan fingerprint density at radius 3 is 2.58 bits per heavy atom. The summed E-state index contributed by atoms with van der Waals surface area (Å²) in [6.45, 7) is 1.65. The molecule has 0 aliphatic carbocycles. The van der Waals surface area contributed by atoms with E-state index in [1.54, 1.807) is 32.2 Å². The van der Waals surface area contributed by atoms with E-state index in [0.29, 0.717) is 39.2 Å². The summed E-state index contributed by atoms with van der Waals surface area (Å²) < 4.78 is 26.2. The van der Waals surface area contributed by atoms with Crippen molar-refractivity contribution in [3.8, 4) is 39.2 Å². The number of carbonyl (C=O) groups is 1. The number of hydrogen-bond donors (Lipinski definition) is 1. The van der Waals surface area contributed by atoms with Gasteiger partial charge in [-0.1, -0.05) is 0 Å². The van der Waals surface area contributed by atoms with Crippen molar-refractivity contribution < 1.29 is 23.8 Å². The molecule has 9 nitrogen and oxygen atoms in total. The number of aryl methyl sites for hydroxylation is 2. The maximum Gasteiger partial charge on any atom is 0.347 e. The van der Waals surface area contributed by atoms with Crippen LogP contribution in [0.1, 0.15) is 15.4 Å². The van der Waals surface area contributed by atoms with E-state index in [0.717, 1.165) is 11.3 Å². The first-order valence-electron chi connectivity index (χ1n) is 8.96. The minimum Gasteiger partial charge on any atom is -0.493 e. The minimum atomic E-state index is -1.03. The number of halogens is 1. The Kier molecular flexibility index (Phi) is 5.34. The molecule has 2 aromatic carbocycles. The van der Waals surface area contributed by atoms with Crippen molar-refractivity contribution in [1.82, 2.24) is 25.2 Å². The van der Waals surface area contributed by atoms with Crippen molar-refractivity contribution >= 4 is 17.3 Å². The quantitative estimate of drug-likeness (QED) is 0.479. The molecular weight excluding hydrogens is 425 g/mol. The summed E-state index contributed by atoms with van der Waals surface area (Å²) in [5.74, 6) is -0.116. The predicted molar refractivity (Wildman–Crippen MR) is 110 cm³/mol. The standard InChI is InChI=1S/C20H16FN5O4S/c1-10-17(20(27)28)31-19(22-10)11-4-6-14(13(8-11)18-23-24-25-26(18)2)30-15-7-5-12(21)9-16(15)29-3/h4-9H,1-3H3,(H,27,28). The van der Waals surface area contributed by atoms with Gasteiger partial charge in [-0.15, -0.1) is 16.4 Å². The molecular formula is C20H16FN5O4S. The lowest BCUT2D eigenvalue weighted by molar-refractivity contribution is 0.0701. The van der Waals surface area contributed by atoms with E-state index in [1.165, 1.54) is 30.0 Å². The summed E-state index contributed by atoms with van der Waals surface area (Å²) in [4.78, 5) is 15.9. The first kappa shape index (κ1) is 20.4. The summed E-state index contributed by atoms with van der Waals surface area (Å²) in [6, 6.07) is 9.16. The molecule has 0 amide bonds. The molecule has 0 saturated carbocycles. The Morgan fingerprint density at radius 1 is 1.16 bits per heavy atom. The summed E-state index contributed by atoms with van der Waals surface area (Å²) in [5, 5.41) is 21.5. The predicted octanol–water partition coefficient (Wildman–Crippen LogP) is 3.95. The SMILES string of the molecule is COc1cc(F)ccc1Oc1ccc(-c2nc(C)c(C(=O)O)s2)cc1-c1nnnn1C. The molecule has 0 spiro atoms. The Balaban J connectivity index is 1.82. The maximum atomic E-state index is 13.5. The number of tetrazole rings is 1. The van der Waals surface area contributed by atoms with Gasteiger partial charge in [0.1, 0.15) is 21.5 Å².